The van der Waals surface area contributed by atoms with Crippen LogP contribution in [0, 0.1) is 0 Å². The van der Waals surface area contributed by atoms with E-state index in [4.69, 9.17) is 4.74 Å². The molecule has 0 spiro atoms. The van der Waals surface area contributed by atoms with Gasteiger partial charge in [-0.1, -0.05) is 0 Å². The molecule has 0 N–H and O–H groups in total. The van der Waals surface area contributed by atoms with Gasteiger partial charge in [0.05, 0.1) is 22.5 Å². The standard InChI is InChI=1S/C8H17NO6S2.Na/c1-16(10,11)9-4-3-8(7-9)15-5-2-6-17(12,13)14;/h8H,2-7H2,1H3,(H,12,13,14);/q;+1/p-1. The Morgan fingerprint density at radius 3 is 2.39 bits per heavy atom. The topological polar surface area (TPSA) is 104 Å². The summed E-state index contributed by atoms with van der Waals surface area (Å²) in [6.45, 7) is 0.871. The van der Waals surface area contributed by atoms with Crippen LogP contribution in [-0.2, 0) is 24.9 Å². The second-order valence-electron chi connectivity index (χ2n) is 4.02. The van der Waals surface area contributed by atoms with Crippen molar-refractivity contribution < 1.29 is 55.7 Å². The van der Waals surface area contributed by atoms with Crippen molar-refractivity contribution in [2.75, 3.05) is 31.7 Å². The fourth-order valence-corrected chi connectivity index (χ4v) is 2.97. The van der Waals surface area contributed by atoms with Crippen molar-refractivity contribution in [2.24, 2.45) is 0 Å². The fourth-order valence-electron chi connectivity index (χ4n) is 1.62. The van der Waals surface area contributed by atoms with Gasteiger partial charge in [0.1, 0.15) is 0 Å². The van der Waals surface area contributed by atoms with Crippen LogP contribution >= 0.6 is 0 Å². The van der Waals surface area contributed by atoms with Crippen LogP contribution in [0.25, 0.3) is 0 Å². The molecule has 1 aliphatic heterocycles. The fraction of sp³-hybridized carbons (Fsp3) is 1.00. The SMILES string of the molecule is CS(=O)(=O)N1CCC(OCCCS(=O)(=O)[O-])C1.[Na+]. The van der Waals surface area contributed by atoms with Crippen LogP contribution in [0.1, 0.15) is 12.8 Å². The Bertz CT molecular complexity index is 448. The number of rotatable bonds is 6. The van der Waals surface area contributed by atoms with Crippen molar-refractivity contribution >= 4 is 20.1 Å². The van der Waals surface area contributed by atoms with Crippen LogP contribution in [0.5, 0.6) is 0 Å². The third-order valence-electron chi connectivity index (χ3n) is 2.47. The first kappa shape index (κ1) is 18.8. The molecule has 1 atom stereocenters. The average Bonchev–Trinajstić information content (AvgIpc) is 2.58. The molecular formula is C8H16NNaO6S2. The quantitative estimate of drug-likeness (QED) is 0.281. The van der Waals surface area contributed by atoms with E-state index in [0.717, 1.165) is 6.26 Å². The van der Waals surface area contributed by atoms with Gasteiger partial charge in [0.2, 0.25) is 10.0 Å². The van der Waals surface area contributed by atoms with Gasteiger partial charge in [-0.15, -0.1) is 0 Å². The Morgan fingerprint density at radius 1 is 1.33 bits per heavy atom. The van der Waals surface area contributed by atoms with Crippen molar-refractivity contribution in [3.63, 3.8) is 0 Å². The molecule has 0 bridgehead atoms. The first-order valence-electron chi connectivity index (χ1n) is 5.19. The van der Waals surface area contributed by atoms with Crippen LogP contribution in [0.4, 0.5) is 0 Å². The molecule has 10 heteroatoms. The summed E-state index contributed by atoms with van der Waals surface area (Å²) in [5.74, 6) is -0.449. The van der Waals surface area contributed by atoms with Crippen LogP contribution in [0.3, 0.4) is 0 Å². The Hall–Kier alpha value is 0.780. The summed E-state index contributed by atoms with van der Waals surface area (Å²) in [6, 6.07) is 0. The van der Waals surface area contributed by atoms with E-state index in [2.05, 4.69) is 0 Å². The van der Waals surface area contributed by atoms with Gasteiger partial charge in [-0.3, -0.25) is 0 Å². The monoisotopic (exact) mass is 309 g/mol. The van der Waals surface area contributed by atoms with E-state index in [0.29, 0.717) is 19.5 Å². The molecule has 1 aliphatic rings. The Kier molecular flexibility index (Phi) is 7.86. The normalized spacial score (nSPS) is 21.8. The van der Waals surface area contributed by atoms with Gasteiger partial charge in [-0.05, 0) is 12.8 Å². The smallest absolute Gasteiger partial charge is 0.748 e. The summed E-state index contributed by atoms with van der Waals surface area (Å²) in [7, 11) is -7.37. The molecule has 1 saturated heterocycles. The predicted octanol–water partition coefficient (Wildman–Crippen LogP) is -4.02. The molecule has 0 saturated carbocycles. The molecule has 18 heavy (non-hydrogen) atoms. The zero-order valence-electron chi connectivity index (χ0n) is 10.5. The second kappa shape index (κ2) is 7.53. The van der Waals surface area contributed by atoms with E-state index < -0.39 is 25.9 Å². The number of nitrogens with zero attached hydrogens (tertiary/aromatic N) is 1. The molecule has 0 radical (unpaired) electrons. The summed E-state index contributed by atoms with van der Waals surface area (Å²) in [5, 5.41) is 0. The first-order chi connectivity index (χ1) is 7.68. The molecule has 0 aromatic rings. The van der Waals surface area contributed by atoms with Gasteiger partial charge in [0.15, 0.2) is 0 Å². The van der Waals surface area contributed by atoms with Gasteiger partial charge in [0.25, 0.3) is 0 Å². The summed E-state index contributed by atoms with van der Waals surface area (Å²) in [4.78, 5) is 0. The predicted molar refractivity (Wildman–Crippen MR) is 60.0 cm³/mol. The number of hydrogen-bond donors (Lipinski definition) is 0. The third-order valence-corrected chi connectivity index (χ3v) is 4.53. The minimum absolute atomic E-state index is 0. The van der Waals surface area contributed by atoms with Gasteiger partial charge in [-0.25, -0.2) is 16.8 Å². The Morgan fingerprint density at radius 2 is 1.94 bits per heavy atom. The van der Waals surface area contributed by atoms with E-state index >= 15 is 0 Å². The van der Waals surface area contributed by atoms with Crippen LogP contribution in [0.15, 0.2) is 0 Å². The van der Waals surface area contributed by atoms with Crippen molar-refractivity contribution in [3.8, 4) is 0 Å². The summed E-state index contributed by atoms with van der Waals surface area (Å²) >= 11 is 0. The minimum atomic E-state index is -4.19. The summed E-state index contributed by atoms with van der Waals surface area (Å²) < 4.78 is 60.0. The molecule has 0 aromatic heterocycles. The summed E-state index contributed by atoms with van der Waals surface area (Å²) in [5.41, 5.74) is 0. The number of ether oxygens (including phenoxy) is 1. The number of hydrogen-bond acceptors (Lipinski definition) is 6. The van der Waals surface area contributed by atoms with E-state index in [9.17, 15) is 21.4 Å². The zero-order chi connectivity index (χ0) is 13.1. The van der Waals surface area contributed by atoms with Crippen molar-refractivity contribution in [1.29, 1.82) is 0 Å². The average molecular weight is 309 g/mol. The molecule has 0 aromatic carbocycles. The first-order valence-corrected chi connectivity index (χ1v) is 8.61. The van der Waals surface area contributed by atoms with Gasteiger partial charge in [-0.2, -0.15) is 4.31 Å². The van der Waals surface area contributed by atoms with Crippen molar-refractivity contribution in [3.05, 3.63) is 0 Å². The second-order valence-corrected chi connectivity index (χ2v) is 7.52. The molecule has 0 amide bonds. The molecule has 1 unspecified atom stereocenters. The van der Waals surface area contributed by atoms with Gasteiger partial charge in [0, 0.05) is 25.4 Å². The van der Waals surface area contributed by atoms with E-state index in [1.165, 1.54) is 4.31 Å². The third kappa shape index (κ3) is 7.39. The maximum absolute atomic E-state index is 11.2. The molecule has 7 nitrogen and oxygen atoms in total. The Balaban J connectivity index is 0.00000289. The molecule has 1 fully saturated rings. The van der Waals surface area contributed by atoms with Crippen molar-refractivity contribution in [2.45, 2.75) is 18.9 Å². The van der Waals surface area contributed by atoms with Crippen LogP contribution < -0.4 is 29.6 Å². The van der Waals surface area contributed by atoms with E-state index in [-0.39, 0.29) is 48.7 Å². The Labute approximate surface area is 130 Å². The largest absolute Gasteiger partial charge is 1.00 e. The molecular weight excluding hydrogens is 293 g/mol. The number of sulfonamides is 1. The van der Waals surface area contributed by atoms with E-state index in [1.807, 2.05) is 0 Å². The maximum atomic E-state index is 11.2. The molecule has 1 rings (SSSR count). The van der Waals surface area contributed by atoms with Crippen molar-refractivity contribution in [1.82, 2.24) is 4.31 Å². The van der Waals surface area contributed by atoms with E-state index in [1.54, 1.807) is 0 Å². The van der Waals surface area contributed by atoms with Crippen LogP contribution in [-0.4, -0.2) is 63.5 Å². The maximum Gasteiger partial charge on any atom is 1.00 e. The summed E-state index contributed by atoms with van der Waals surface area (Å²) in [6.07, 6.45) is 1.66. The minimum Gasteiger partial charge on any atom is -0.748 e. The molecule has 0 aliphatic carbocycles. The van der Waals surface area contributed by atoms with Gasteiger partial charge >= 0.3 is 29.6 Å². The zero-order valence-corrected chi connectivity index (χ0v) is 14.2. The van der Waals surface area contributed by atoms with Gasteiger partial charge < -0.3 is 9.29 Å². The van der Waals surface area contributed by atoms with Crippen LogP contribution in [0.2, 0.25) is 0 Å². The molecule has 1 heterocycles. The molecule has 102 valence electrons.